The molecule has 74 valence electrons. The van der Waals surface area contributed by atoms with E-state index in [2.05, 4.69) is 20.8 Å². The van der Waals surface area contributed by atoms with Gasteiger partial charge in [0.1, 0.15) is 0 Å². The third-order valence-electron chi connectivity index (χ3n) is 5.78. The van der Waals surface area contributed by atoms with Crippen LogP contribution in [0.15, 0.2) is 0 Å². The summed E-state index contributed by atoms with van der Waals surface area (Å²) in [5.41, 5.74) is 0.807. The van der Waals surface area contributed by atoms with Gasteiger partial charge in [0.25, 0.3) is 0 Å². The first kappa shape index (κ1) is 8.32. The van der Waals surface area contributed by atoms with Crippen molar-refractivity contribution < 1.29 is 0 Å². The first-order valence-corrected chi connectivity index (χ1v) is 6.18. The topological polar surface area (TPSA) is 0 Å². The van der Waals surface area contributed by atoms with Crippen LogP contribution in [0.4, 0.5) is 0 Å². The Balaban J connectivity index is 1.91. The molecule has 0 N–H and O–H groups in total. The quantitative estimate of drug-likeness (QED) is 0.574. The van der Waals surface area contributed by atoms with Crippen LogP contribution in [0, 0.1) is 35.0 Å². The number of hydrogen-bond donors (Lipinski definition) is 0. The van der Waals surface area contributed by atoms with Gasteiger partial charge < -0.3 is 0 Å². The summed E-state index contributed by atoms with van der Waals surface area (Å²) in [6.07, 6.45) is 6.09. The molecule has 0 aliphatic heterocycles. The minimum atomic E-state index is 0.807. The molecule has 3 saturated carbocycles. The molecule has 3 rings (SSSR count). The van der Waals surface area contributed by atoms with Crippen LogP contribution in [0.2, 0.25) is 0 Å². The zero-order chi connectivity index (χ0) is 9.22. The molecule has 0 radical (unpaired) electrons. The van der Waals surface area contributed by atoms with Crippen molar-refractivity contribution in [2.45, 2.75) is 46.5 Å². The van der Waals surface area contributed by atoms with Gasteiger partial charge in [-0.15, -0.1) is 0 Å². The molecule has 0 spiro atoms. The standard InChI is InChI=1S/C13H22/c1-4-9-5-6-10-8(2)11-7-13(11,3)12(9)10/h8-12H,4-7H2,1-3H3. The van der Waals surface area contributed by atoms with Crippen molar-refractivity contribution in [2.24, 2.45) is 35.0 Å². The molecule has 0 aromatic rings. The Morgan fingerprint density at radius 1 is 1.31 bits per heavy atom. The molecule has 3 aliphatic carbocycles. The lowest BCUT2D eigenvalue weighted by molar-refractivity contribution is 0.218. The van der Waals surface area contributed by atoms with Gasteiger partial charge in [0.15, 0.2) is 0 Å². The number of rotatable bonds is 1. The van der Waals surface area contributed by atoms with Gasteiger partial charge in [-0.3, -0.25) is 0 Å². The van der Waals surface area contributed by atoms with Crippen LogP contribution < -0.4 is 0 Å². The van der Waals surface area contributed by atoms with Gasteiger partial charge in [0.2, 0.25) is 0 Å². The molecule has 3 aliphatic rings. The molecule has 13 heavy (non-hydrogen) atoms. The predicted molar refractivity (Wildman–Crippen MR) is 55.4 cm³/mol. The summed E-state index contributed by atoms with van der Waals surface area (Å²) in [4.78, 5) is 0. The first-order valence-electron chi connectivity index (χ1n) is 6.18. The van der Waals surface area contributed by atoms with Crippen molar-refractivity contribution in [3.8, 4) is 0 Å². The summed E-state index contributed by atoms with van der Waals surface area (Å²) < 4.78 is 0. The van der Waals surface area contributed by atoms with E-state index in [1.807, 2.05) is 0 Å². The molecule has 6 unspecified atom stereocenters. The van der Waals surface area contributed by atoms with E-state index in [1.165, 1.54) is 6.42 Å². The smallest absolute Gasteiger partial charge is 0.0258 e. The fourth-order valence-corrected chi connectivity index (χ4v) is 5.07. The SMILES string of the molecule is CCC1CCC2C(C)C3CC3(C)C12. The second kappa shape index (κ2) is 2.32. The highest BCUT2D eigenvalue weighted by molar-refractivity contribution is 5.17. The third kappa shape index (κ3) is 0.831. The summed E-state index contributed by atoms with van der Waals surface area (Å²) in [7, 11) is 0. The molecule has 3 fully saturated rings. The van der Waals surface area contributed by atoms with Crippen LogP contribution in [0.5, 0.6) is 0 Å². The maximum absolute atomic E-state index is 2.58. The van der Waals surface area contributed by atoms with Gasteiger partial charge in [-0.2, -0.15) is 0 Å². The van der Waals surface area contributed by atoms with Crippen molar-refractivity contribution in [1.29, 1.82) is 0 Å². The Morgan fingerprint density at radius 2 is 2.08 bits per heavy atom. The van der Waals surface area contributed by atoms with Crippen molar-refractivity contribution in [2.75, 3.05) is 0 Å². The van der Waals surface area contributed by atoms with Crippen LogP contribution in [-0.4, -0.2) is 0 Å². The molecule has 0 nitrogen and oxygen atoms in total. The van der Waals surface area contributed by atoms with E-state index in [4.69, 9.17) is 0 Å². The Labute approximate surface area is 82.1 Å². The van der Waals surface area contributed by atoms with Gasteiger partial charge in [-0.05, 0) is 54.3 Å². The molecule has 0 heterocycles. The van der Waals surface area contributed by atoms with E-state index < -0.39 is 0 Å². The molecule has 0 heteroatoms. The fraction of sp³-hybridized carbons (Fsp3) is 1.00. The van der Waals surface area contributed by atoms with Gasteiger partial charge in [0.05, 0.1) is 0 Å². The Bertz CT molecular complexity index is 232. The lowest BCUT2D eigenvalue weighted by Gasteiger charge is -2.26. The van der Waals surface area contributed by atoms with Crippen molar-refractivity contribution in [3.63, 3.8) is 0 Å². The highest BCUT2D eigenvalue weighted by atomic mass is 14.7. The second-order valence-corrected chi connectivity index (χ2v) is 6.11. The Kier molecular flexibility index (Phi) is 1.49. The number of hydrogen-bond acceptors (Lipinski definition) is 0. The minimum absolute atomic E-state index is 0.807. The van der Waals surface area contributed by atoms with E-state index in [0.29, 0.717) is 0 Å². The maximum Gasteiger partial charge on any atom is -0.0258 e. The third-order valence-corrected chi connectivity index (χ3v) is 5.78. The molecule has 0 aromatic carbocycles. The molecule has 6 atom stereocenters. The normalized spacial score (nSPS) is 63.5. The average Bonchev–Trinajstić information content (AvgIpc) is 2.58. The summed E-state index contributed by atoms with van der Waals surface area (Å²) in [6.45, 7) is 7.50. The second-order valence-electron chi connectivity index (χ2n) is 6.11. The van der Waals surface area contributed by atoms with Crippen LogP contribution in [0.25, 0.3) is 0 Å². The van der Waals surface area contributed by atoms with E-state index in [1.54, 1.807) is 19.3 Å². The minimum Gasteiger partial charge on any atom is -0.0651 e. The zero-order valence-electron chi connectivity index (χ0n) is 9.22. The molecule has 0 bridgehead atoms. The summed E-state index contributed by atoms with van der Waals surface area (Å²) in [5, 5.41) is 0. The van der Waals surface area contributed by atoms with Crippen molar-refractivity contribution >= 4 is 0 Å². The lowest BCUT2D eigenvalue weighted by Crippen LogP contribution is -2.20. The lowest BCUT2D eigenvalue weighted by atomic mass is 9.78. The fourth-order valence-electron chi connectivity index (χ4n) is 5.07. The van der Waals surface area contributed by atoms with E-state index >= 15 is 0 Å². The summed E-state index contributed by atoms with van der Waals surface area (Å²) in [5.74, 6) is 5.51. The molecular formula is C13H22. The maximum atomic E-state index is 2.58. The summed E-state index contributed by atoms with van der Waals surface area (Å²) in [6, 6.07) is 0. The van der Waals surface area contributed by atoms with E-state index in [-0.39, 0.29) is 0 Å². The van der Waals surface area contributed by atoms with Gasteiger partial charge in [-0.25, -0.2) is 0 Å². The van der Waals surface area contributed by atoms with E-state index in [0.717, 1.165) is 35.0 Å². The van der Waals surface area contributed by atoms with Gasteiger partial charge in [0, 0.05) is 0 Å². The van der Waals surface area contributed by atoms with Crippen LogP contribution >= 0.6 is 0 Å². The van der Waals surface area contributed by atoms with E-state index in [9.17, 15) is 0 Å². The Morgan fingerprint density at radius 3 is 2.77 bits per heavy atom. The zero-order valence-corrected chi connectivity index (χ0v) is 9.22. The van der Waals surface area contributed by atoms with Gasteiger partial charge >= 0.3 is 0 Å². The molecule has 0 amide bonds. The Hall–Kier alpha value is 0. The largest absolute Gasteiger partial charge is 0.0651 e. The van der Waals surface area contributed by atoms with Crippen LogP contribution in [0.1, 0.15) is 46.5 Å². The molecular weight excluding hydrogens is 156 g/mol. The molecule has 0 aromatic heterocycles. The predicted octanol–water partition coefficient (Wildman–Crippen LogP) is 3.71. The van der Waals surface area contributed by atoms with Crippen molar-refractivity contribution in [1.82, 2.24) is 0 Å². The van der Waals surface area contributed by atoms with Gasteiger partial charge in [-0.1, -0.05) is 27.2 Å². The highest BCUT2D eigenvalue weighted by Gasteiger charge is 2.68. The number of fused-ring (bicyclic) bond motifs is 3. The van der Waals surface area contributed by atoms with Crippen LogP contribution in [-0.2, 0) is 0 Å². The molecule has 0 saturated heterocycles. The highest BCUT2D eigenvalue weighted by Crippen LogP contribution is 2.75. The monoisotopic (exact) mass is 178 g/mol. The van der Waals surface area contributed by atoms with Crippen LogP contribution in [0.3, 0.4) is 0 Å². The summed E-state index contributed by atoms with van der Waals surface area (Å²) >= 11 is 0. The first-order chi connectivity index (χ1) is 6.18. The average molecular weight is 178 g/mol. The van der Waals surface area contributed by atoms with Crippen molar-refractivity contribution in [3.05, 3.63) is 0 Å².